The Morgan fingerprint density at radius 2 is 1.71 bits per heavy atom. The molecule has 1 aliphatic carbocycles. The molecule has 1 atom stereocenters. The van der Waals surface area contributed by atoms with Crippen molar-refractivity contribution in [1.82, 2.24) is 5.32 Å². The first kappa shape index (κ1) is 17.1. The van der Waals surface area contributed by atoms with E-state index in [-0.39, 0.29) is 0 Å². The monoisotopic (exact) mass is 327 g/mol. The third kappa shape index (κ3) is 3.25. The van der Waals surface area contributed by atoms with Crippen molar-refractivity contribution in [1.29, 1.82) is 0 Å². The highest BCUT2D eigenvalue weighted by Crippen LogP contribution is 2.69. The summed E-state index contributed by atoms with van der Waals surface area (Å²) >= 11 is 12.2. The molecule has 0 aromatic heterocycles. The lowest BCUT2D eigenvalue weighted by molar-refractivity contribution is 0.395. The molecule has 0 aliphatic heterocycles. The first-order valence-electron chi connectivity index (χ1n) is 7.89. The van der Waals surface area contributed by atoms with E-state index in [0.29, 0.717) is 32.8 Å². The fourth-order valence-electron chi connectivity index (χ4n) is 3.81. The second-order valence-corrected chi connectivity index (χ2v) is 8.25. The maximum Gasteiger partial charge on any atom is 0.0595 e. The Balaban J connectivity index is 2.16. The Bertz CT molecular complexity index is 494. The summed E-state index contributed by atoms with van der Waals surface area (Å²) in [6.45, 7) is 12.8. The molecule has 1 aromatic rings. The summed E-state index contributed by atoms with van der Waals surface area (Å²) in [5, 5.41) is 5.03. The summed E-state index contributed by atoms with van der Waals surface area (Å²) in [5.74, 6) is 0.686. The Morgan fingerprint density at radius 1 is 1.10 bits per heavy atom. The van der Waals surface area contributed by atoms with Gasteiger partial charge in [0.2, 0.25) is 0 Å². The average molecular weight is 328 g/mol. The molecule has 1 nitrogen and oxygen atoms in total. The topological polar surface area (TPSA) is 12.0 Å². The Labute approximate surface area is 139 Å². The largest absolute Gasteiger partial charge is 0.313 e. The first-order chi connectivity index (χ1) is 9.71. The molecule has 1 aliphatic rings. The van der Waals surface area contributed by atoms with Gasteiger partial charge in [-0.2, -0.15) is 0 Å². The summed E-state index contributed by atoms with van der Waals surface area (Å²) in [7, 11) is 0. The lowest BCUT2D eigenvalue weighted by Crippen LogP contribution is -2.36. The Hall–Kier alpha value is -0.240. The quantitative estimate of drug-likeness (QED) is 0.718. The van der Waals surface area contributed by atoms with Crippen LogP contribution in [0.5, 0.6) is 0 Å². The molecule has 118 valence electrons. The van der Waals surface area contributed by atoms with Crippen molar-refractivity contribution in [2.24, 2.45) is 16.7 Å². The van der Waals surface area contributed by atoms with Crippen LogP contribution in [0.3, 0.4) is 0 Å². The highest BCUT2D eigenvalue weighted by atomic mass is 35.5. The van der Waals surface area contributed by atoms with Gasteiger partial charge in [-0.15, -0.1) is 0 Å². The SMILES string of the molecule is CCCNC(Cc1ccc(Cl)c(Cl)c1)C1C(C)(C)C1(C)C. The van der Waals surface area contributed by atoms with Crippen LogP contribution < -0.4 is 5.32 Å². The second-order valence-electron chi connectivity index (χ2n) is 7.43. The molecule has 0 radical (unpaired) electrons. The fraction of sp³-hybridized carbons (Fsp3) is 0.667. The van der Waals surface area contributed by atoms with E-state index in [1.54, 1.807) is 0 Å². The summed E-state index contributed by atoms with van der Waals surface area (Å²) in [5.41, 5.74) is 2.03. The first-order valence-corrected chi connectivity index (χ1v) is 8.64. The van der Waals surface area contributed by atoms with E-state index in [1.165, 1.54) is 5.56 Å². The summed E-state index contributed by atoms with van der Waals surface area (Å²) in [6.07, 6.45) is 2.17. The zero-order chi connectivity index (χ0) is 15.8. The summed E-state index contributed by atoms with van der Waals surface area (Å²) in [4.78, 5) is 0. The van der Waals surface area contributed by atoms with E-state index < -0.39 is 0 Å². The molecule has 0 heterocycles. The van der Waals surface area contributed by atoms with E-state index >= 15 is 0 Å². The molecule has 1 N–H and O–H groups in total. The molecule has 1 aromatic carbocycles. The minimum Gasteiger partial charge on any atom is -0.313 e. The standard InChI is InChI=1S/C18H27Cl2N/c1-6-9-21-15(16-17(2,3)18(16,4)5)11-12-7-8-13(19)14(20)10-12/h7-8,10,15-16,21H,6,9,11H2,1-5H3. The van der Waals surface area contributed by atoms with Crippen LogP contribution in [0.1, 0.15) is 46.6 Å². The van der Waals surface area contributed by atoms with Gasteiger partial charge in [-0.05, 0) is 53.8 Å². The van der Waals surface area contributed by atoms with Crippen molar-refractivity contribution in [2.75, 3.05) is 6.54 Å². The Kier molecular flexibility index (Phi) is 4.97. The van der Waals surface area contributed by atoms with Gasteiger partial charge in [-0.1, -0.05) is 63.9 Å². The van der Waals surface area contributed by atoms with E-state index in [0.717, 1.165) is 19.4 Å². The van der Waals surface area contributed by atoms with Crippen LogP contribution in [0.25, 0.3) is 0 Å². The molecule has 0 saturated heterocycles. The molecular formula is C18H27Cl2N. The van der Waals surface area contributed by atoms with Gasteiger partial charge in [0.1, 0.15) is 0 Å². The number of benzene rings is 1. The van der Waals surface area contributed by atoms with Crippen molar-refractivity contribution in [2.45, 2.75) is 53.5 Å². The normalized spacial score (nSPS) is 21.3. The maximum absolute atomic E-state index is 6.16. The molecule has 0 amide bonds. The average Bonchev–Trinajstić information content (AvgIpc) is 2.80. The molecule has 1 saturated carbocycles. The predicted octanol–water partition coefficient (Wildman–Crippen LogP) is 5.59. The molecule has 3 heteroatoms. The molecule has 1 fully saturated rings. The minimum absolute atomic E-state index is 0.384. The lowest BCUT2D eigenvalue weighted by Gasteiger charge is -2.21. The van der Waals surface area contributed by atoms with Crippen LogP contribution in [-0.4, -0.2) is 12.6 Å². The number of hydrogen-bond acceptors (Lipinski definition) is 1. The van der Waals surface area contributed by atoms with Gasteiger partial charge < -0.3 is 5.32 Å². The lowest BCUT2D eigenvalue weighted by atomic mass is 9.96. The third-order valence-corrected chi connectivity index (χ3v) is 6.37. The van der Waals surface area contributed by atoms with E-state index in [1.807, 2.05) is 12.1 Å². The van der Waals surface area contributed by atoms with E-state index in [2.05, 4.69) is 46.0 Å². The smallest absolute Gasteiger partial charge is 0.0595 e. The van der Waals surface area contributed by atoms with E-state index in [4.69, 9.17) is 23.2 Å². The van der Waals surface area contributed by atoms with E-state index in [9.17, 15) is 0 Å². The van der Waals surface area contributed by atoms with Gasteiger partial charge in [-0.25, -0.2) is 0 Å². The number of halogens is 2. The summed E-state index contributed by atoms with van der Waals surface area (Å²) in [6, 6.07) is 6.50. The van der Waals surface area contributed by atoms with Crippen molar-refractivity contribution < 1.29 is 0 Å². The second kappa shape index (κ2) is 6.10. The molecule has 1 unspecified atom stereocenters. The van der Waals surface area contributed by atoms with Crippen LogP contribution in [0.2, 0.25) is 10.0 Å². The minimum atomic E-state index is 0.384. The highest BCUT2D eigenvalue weighted by molar-refractivity contribution is 6.42. The van der Waals surface area contributed by atoms with Gasteiger partial charge in [0, 0.05) is 6.04 Å². The van der Waals surface area contributed by atoms with Gasteiger partial charge >= 0.3 is 0 Å². The maximum atomic E-state index is 6.16. The van der Waals surface area contributed by atoms with Crippen LogP contribution in [0.4, 0.5) is 0 Å². The fourth-order valence-corrected chi connectivity index (χ4v) is 4.13. The summed E-state index contributed by atoms with van der Waals surface area (Å²) < 4.78 is 0. The van der Waals surface area contributed by atoms with Crippen molar-refractivity contribution in [3.63, 3.8) is 0 Å². The highest BCUT2D eigenvalue weighted by Gasteiger charge is 2.66. The van der Waals surface area contributed by atoms with Crippen molar-refractivity contribution in [3.05, 3.63) is 33.8 Å². The predicted molar refractivity (Wildman–Crippen MR) is 93.3 cm³/mol. The Morgan fingerprint density at radius 3 is 2.19 bits per heavy atom. The molecular weight excluding hydrogens is 301 g/mol. The van der Waals surface area contributed by atoms with Gasteiger partial charge in [0.25, 0.3) is 0 Å². The molecule has 0 spiro atoms. The number of hydrogen-bond donors (Lipinski definition) is 1. The zero-order valence-corrected chi connectivity index (χ0v) is 15.3. The van der Waals surface area contributed by atoms with Gasteiger partial charge in [0.05, 0.1) is 10.0 Å². The van der Waals surface area contributed by atoms with Gasteiger partial charge in [-0.3, -0.25) is 0 Å². The molecule has 21 heavy (non-hydrogen) atoms. The van der Waals surface area contributed by atoms with Crippen LogP contribution in [0, 0.1) is 16.7 Å². The van der Waals surface area contributed by atoms with Crippen molar-refractivity contribution >= 4 is 23.2 Å². The van der Waals surface area contributed by atoms with Gasteiger partial charge in [0.15, 0.2) is 0 Å². The van der Waals surface area contributed by atoms with Crippen LogP contribution in [0.15, 0.2) is 18.2 Å². The van der Waals surface area contributed by atoms with Crippen molar-refractivity contribution in [3.8, 4) is 0 Å². The third-order valence-electron chi connectivity index (χ3n) is 5.63. The van der Waals surface area contributed by atoms with Crippen LogP contribution >= 0.6 is 23.2 Å². The molecule has 0 bridgehead atoms. The number of rotatable bonds is 6. The number of nitrogens with one attached hydrogen (secondary N) is 1. The van der Waals surface area contributed by atoms with Crippen LogP contribution in [-0.2, 0) is 6.42 Å². The molecule has 2 rings (SSSR count). The zero-order valence-electron chi connectivity index (χ0n) is 13.8.